The number of hydrogen-bond donors (Lipinski definition) is 1. The summed E-state index contributed by atoms with van der Waals surface area (Å²) in [6.07, 6.45) is 0.971. The van der Waals surface area contributed by atoms with Crippen LogP contribution < -0.4 is 5.32 Å². The van der Waals surface area contributed by atoms with E-state index in [4.69, 9.17) is 5.26 Å². The van der Waals surface area contributed by atoms with Gasteiger partial charge in [-0.05, 0) is 30.5 Å². The van der Waals surface area contributed by atoms with Crippen molar-refractivity contribution < 1.29 is 0 Å². The number of rotatable bonds is 0. The van der Waals surface area contributed by atoms with Crippen molar-refractivity contribution in [3.63, 3.8) is 0 Å². The maximum absolute atomic E-state index is 8.91. The van der Waals surface area contributed by atoms with Gasteiger partial charge in [0.05, 0.1) is 11.6 Å². The van der Waals surface area contributed by atoms with Crippen LogP contribution in [0.4, 0.5) is 0 Å². The molecule has 0 aliphatic carbocycles. The van der Waals surface area contributed by atoms with Crippen molar-refractivity contribution in [2.75, 3.05) is 0 Å². The molecule has 2 nitrogen and oxygen atoms in total. The predicted octanol–water partition coefficient (Wildman–Crippen LogP) is 1.59. The molecule has 0 unspecified atom stereocenters. The molecule has 1 atom stereocenters. The van der Waals surface area contributed by atoms with E-state index in [0.717, 1.165) is 18.5 Å². The Labute approximate surface area is 78.2 Å². The lowest BCUT2D eigenvalue weighted by Crippen LogP contribution is -2.33. The molecule has 0 amide bonds. The van der Waals surface area contributed by atoms with Crippen LogP contribution in [0.3, 0.4) is 0 Å². The number of nitriles is 1. The van der Waals surface area contributed by atoms with E-state index in [0.29, 0.717) is 6.04 Å². The van der Waals surface area contributed by atoms with Crippen LogP contribution in [0, 0.1) is 11.3 Å². The number of benzene rings is 1. The Morgan fingerprint density at radius 1 is 1.54 bits per heavy atom. The van der Waals surface area contributed by atoms with Gasteiger partial charge in [0.1, 0.15) is 0 Å². The normalized spacial score (nSPS) is 20.5. The number of fused-ring (bicyclic) bond motifs is 1. The van der Waals surface area contributed by atoms with Gasteiger partial charge in [0.15, 0.2) is 0 Å². The molecular formula is C11H12N2. The lowest BCUT2D eigenvalue weighted by molar-refractivity contribution is 0.513. The highest BCUT2D eigenvalue weighted by atomic mass is 14.9. The van der Waals surface area contributed by atoms with Crippen LogP contribution in [-0.4, -0.2) is 6.04 Å². The fourth-order valence-electron chi connectivity index (χ4n) is 1.81. The van der Waals surface area contributed by atoms with E-state index in [1.54, 1.807) is 0 Å². The van der Waals surface area contributed by atoms with Crippen molar-refractivity contribution in [1.29, 1.82) is 5.26 Å². The molecule has 0 saturated carbocycles. The lowest BCUT2D eigenvalue weighted by Gasteiger charge is -2.23. The van der Waals surface area contributed by atoms with Crippen LogP contribution >= 0.6 is 0 Å². The summed E-state index contributed by atoms with van der Waals surface area (Å²) in [5, 5.41) is 12.3. The Morgan fingerprint density at radius 3 is 3.15 bits per heavy atom. The predicted molar refractivity (Wildman–Crippen MR) is 51.2 cm³/mol. The summed E-state index contributed by atoms with van der Waals surface area (Å²) in [7, 11) is 0. The quantitative estimate of drug-likeness (QED) is 0.645. The van der Waals surface area contributed by atoms with Crippen LogP contribution in [0.5, 0.6) is 0 Å². The SMILES string of the molecule is C[C@H]1Cc2c(C#N)cccc2CN1. The Hall–Kier alpha value is -1.33. The van der Waals surface area contributed by atoms with Crippen LogP contribution in [-0.2, 0) is 13.0 Å². The third-order valence-electron chi connectivity index (χ3n) is 2.54. The Bertz CT molecular complexity index is 363. The lowest BCUT2D eigenvalue weighted by atomic mass is 9.93. The van der Waals surface area contributed by atoms with Crippen LogP contribution in [0.15, 0.2) is 18.2 Å². The smallest absolute Gasteiger partial charge is 0.0994 e. The first kappa shape index (κ1) is 8.28. The summed E-state index contributed by atoms with van der Waals surface area (Å²) < 4.78 is 0. The van der Waals surface area contributed by atoms with E-state index in [2.05, 4.69) is 24.4 Å². The highest BCUT2D eigenvalue weighted by molar-refractivity contribution is 5.44. The molecule has 2 heteroatoms. The Balaban J connectivity index is 2.48. The first-order valence-electron chi connectivity index (χ1n) is 4.55. The zero-order valence-corrected chi connectivity index (χ0v) is 7.67. The standard InChI is InChI=1S/C11H12N2/c1-8-5-11-9(6-12)3-2-4-10(11)7-13-8/h2-4,8,13H,5,7H2,1H3/t8-/m0/s1. The molecule has 1 aromatic carbocycles. The van der Waals surface area contributed by atoms with Gasteiger partial charge in [-0.3, -0.25) is 0 Å². The molecule has 1 aliphatic rings. The number of nitrogens with zero attached hydrogens (tertiary/aromatic N) is 1. The summed E-state index contributed by atoms with van der Waals surface area (Å²) in [5.74, 6) is 0. The highest BCUT2D eigenvalue weighted by Crippen LogP contribution is 2.19. The van der Waals surface area contributed by atoms with Crippen LogP contribution in [0.25, 0.3) is 0 Å². The molecule has 13 heavy (non-hydrogen) atoms. The molecule has 0 spiro atoms. The first-order chi connectivity index (χ1) is 6.31. The van der Waals surface area contributed by atoms with E-state index in [9.17, 15) is 0 Å². The Morgan fingerprint density at radius 2 is 2.38 bits per heavy atom. The molecule has 1 aromatic rings. The second-order valence-electron chi connectivity index (χ2n) is 3.54. The average Bonchev–Trinajstić information content (AvgIpc) is 2.17. The van der Waals surface area contributed by atoms with Crippen LogP contribution in [0.1, 0.15) is 23.6 Å². The summed E-state index contributed by atoms with van der Waals surface area (Å²) in [5.41, 5.74) is 3.35. The van der Waals surface area contributed by atoms with Crippen molar-refractivity contribution in [3.8, 4) is 6.07 Å². The van der Waals surface area contributed by atoms with Crippen molar-refractivity contribution in [2.45, 2.75) is 25.9 Å². The summed E-state index contributed by atoms with van der Waals surface area (Å²) in [6.45, 7) is 3.04. The monoisotopic (exact) mass is 172 g/mol. The highest BCUT2D eigenvalue weighted by Gasteiger charge is 2.16. The van der Waals surface area contributed by atoms with Crippen molar-refractivity contribution >= 4 is 0 Å². The van der Waals surface area contributed by atoms with E-state index in [1.807, 2.05) is 12.1 Å². The van der Waals surface area contributed by atoms with E-state index < -0.39 is 0 Å². The molecule has 0 bridgehead atoms. The fraction of sp³-hybridized carbons (Fsp3) is 0.364. The summed E-state index contributed by atoms with van der Waals surface area (Å²) >= 11 is 0. The third-order valence-corrected chi connectivity index (χ3v) is 2.54. The molecule has 0 radical (unpaired) electrons. The van der Waals surface area contributed by atoms with Gasteiger partial charge in [0.25, 0.3) is 0 Å². The molecule has 0 aromatic heterocycles. The summed E-state index contributed by atoms with van der Waals surface area (Å²) in [4.78, 5) is 0. The minimum Gasteiger partial charge on any atom is -0.310 e. The van der Waals surface area contributed by atoms with Gasteiger partial charge in [-0.1, -0.05) is 12.1 Å². The van der Waals surface area contributed by atoms with Crippen molar-refractivity contribution in [2.24, 2.45) is 0 Å². The van der Waals surface area contributed by atoms with Gasteiger partial charge in [0.2, 0.25) is 0 Å². The largest absolute Gasteiger partial charge is 0.310 e. The maximum Gasteiger partial charge on any atom is 0.0994 e. The van der Waals surface area contributed by atoms with Gasteiger partial charge < -0.3 is 5.32 Å². The summed E-state index contributed by atoms with van der Waals surface area (Å²) in [6, 6.07) is 8.68. The molecular weight excluding hydrogens is 160 g/mol. The van der Waals surface area contributed by atoms with E-state index >= 15 is 0 Å². The molecule has 1 aliphatic heterocycles. The molecule has 0 fully saturated rings. The van der Waals surface area contributed by atoms with Gasteiger partial charge >= 0.3 is 0 Å². The molecule has 0 saturated heterocycles. The van der Waals surface area contributed by atoms with Gasteiger partial charge in [-0.2, -0.15) is 5.26 Å². The zero-order chi connectivity index (χ0) is 9.26. The minimum atomic E-state index is 0.488. The molecule has 1 N–H and O–H groups in total. The minimum absolute atomic E-state index is 0.488. The van der Waals surface area contributed by atoms with Gasteiger partial charge in [-0.15, -0.1) is 0 Å². The zero-order valence-electron chi connectivity index (χ0n) is 7.67. The van der Waals surface area contributed by atoms with Crippen LogP contribution in [0.2, 0.25) is 0 Å². The van der Waals surface area contributed by atoms with Crippen molar-refractivity contribution in [1.82, 2.24) is 5.32 Å². The fourth-order valence-corrected chi connectivity index (χ4v) is 1.81. The second kappa shape index (κ2) is 3.20. The topological polar surface area (TPSA) is 35.8 Å². The number of nitrogens with one attached hydrogen (secondary N) is 1. The van der Waals surface area contributed by atoms with E-state index in [1.165, 1.54) is 11.1 Å². The molecule has 1 heterocycles. The Kier molecular flexibility index (Phi) is 2.03. The number of hydrogen-bond acceptors (Lipinski definition) is 2. The third kappa shape index (κ3) is 1.43. The average molecular weight is 172 g/mol. The molecule has 2 rings (SSSR count). The van der Waals surface area contributed by atoms with Gasteiger partial charge in [0, 0.05) is 12.6 Å². The van der Waals surface area contributed by atoms with Crippen molar-refractivity contribution in [3.05, 3.63) is 34.9 Å². The van der Waals surface area contributed by atoms with Gasteiger partial charge in [-0.25, -0.2) is 0 Å². The first-order valence-corrected chi connectivity index (χ1v) is 4.55. The van der Waals surface area contributed by atoms with E-state index in [-0.39, 0.29) is 0 Å². The second-order valence-corrected chi connectivity index (χ2v) is 3.54. The molecule has 66 valence electrons. The maximum atomic E-state index is 8.91.